The van der Waals surface area contributed by atoms with E-state index in [0.717, 1.165) is 16.1 Å². The third-order valence-electron chi connectivity index (χ3n) is 4.02. The van der Waals surface area contributed by atoms with Crippen molar-refractivity contribution in [2.24, 2.45) is 0 Å². The minimum Gasteiger partial charge on any atom is -0.307 e. The maximum Gasteiger partial charge on any atom is 0.261 e. The largest absolute Gasteiger partial charge is 0.307 e. The van der Waals surface area contributed by atoms with Gasteiger partial charge in [0.1, 0.15) is 6.54 Å². The summed E-state index contributed by atoms with van der Waals surface area (Å²) in [7, 11) is 0. The molecule has 8 heteroatoms. The summed E-state index contributed by atoms with van der Waals surface area (Å²) >= 11 is 1.57. The number of nitrogens with zero attached hydrogens (tertiary/aromatic N) is 3. The summed E-state index contributed by atoms with van der Waals surface area (Å²) < 4.78 is 1.29. The minimum atomic E-state index is -0.339. The Morgan fingerprint density at radius 3 is 2.92 bits per heavy atom. The molecular weight excluding hydrogens is 350 g/mol. The number of anilines is 1. The number of H-pyrrole nitrogens is 1. The number of rotatable bonds is 4. The number of amides is 1. The molecule has 4 rings (SSSR count). The monoisotopic (exact) mass is 365 g/mol. The number of benzene rings is 1. The van der Waals surface area contributed by atoms with E-state index in [0.29, 0.717) is 16.7 Å². The van der Waals surface area contributed by atoms with Crippen LogP contribution in [0.25, 0.3) is 21.3 Å². The van der Waals surface area contributed by atoms with Crippen molar-refractivity contribution in [3.63, 3.8) is 0 Å². The molecule has 2 N–H and O–H groups in total. The van der Waals surface area contributed by atoms with Crippen molar-refractivity contribution in [2.45, 2.75) is 13.5 Å². The Bertz CT molecular complexity index is 1140. The van der Waals surface area contributed by atoms with Crippen LogP contribution >= 0.6 is 11.3 Å². The molecule has 0 fully saturated rings. The van der Waals surface area contributed by atoms with E-state index in [9.17, 15) is 9.59 Å². The fourth-order valence-corrected chi connectivity index (χ4v) is 3.62. The van der Waals surface area contributed by atoms with Crippen LogP contribution in [0.5, 0.6) is 0 Å². The average Bonchev–Trinajstić information content (AvgIpc) is 3.27. The van der Waals surface area contributed by atoms with Gasteiger partial charge < -0.3 is 5.32 Å². The lowest BCUT2D eigenvalue weighted by molar-refractivity contribution is -0.116. The molecule has 7 nitrogen and oxygen atoms in total. The number of aryl methyl sites for hydroxylation is 1. The van der Waals surface area contributed by atoms with E-state index in [1.54, 1.807) is 29.5 Å². The van der Waals surface area contributed by atoms with Crippen LogP contribution in [0.4, 0.5) is 5.82 Å². The summed E-state index contributed by atoms with van der Waals surface area (Å²) in [5.41, 5.74) is 2.09. The van der Waals surface area contributed by atoms with Gasteiger partial charge in [0, 0.05) is 10.6 Å². The van der Waals surface area contributed by atoms with Crippen LogP contribution in [-0.4, -0.2) is 25.7 Å². The molecule has 0 aliphatic rings. The predicted octanol–water partition coefficient (Wildman–Crippen LogP) is 2.80. The molecule has 0 unspecified atom stereocenters. The van der Waals surface area contributed by atoms with Gasteiger partial charge >= 0.3 is 0 Å². The third-order valence-corrected chi connectivity index (χ3v) is 4.91. The van der Waals surface area contributed by atoms with Gasteiger partial charge in [-0.3, -0.25) is 19.3 Å². The molecular formula is C18H15N5O2S. The zero-order valence-electron chi connectivity index (χ0n) is 13.9. The third kappa shape index (κ3) is 2.91. The standard InChI is InChI=1S/C18H15N5O2S/c1-11-16(14-7-4-8-26-14)17(22-21-11)20-15(24)9-23-10-19-13-6-3-2-5-12(13)18(23)25/h2-8,10H,9H2,1H3,(H2,20,21,22,24). The number of hydrogen-bond acceptors (Lipinski definition) is 5. The van der Waals surface area contributed by atoms with Gasteiger partial charge in [-0.2, -0.15) is 5.10 Å². The lowest BCUT2D eigenvalue weighted by Gasteiger charge is -2.07. The quantitative estimate of drug-likeness (QED) is 0.582. The lowest BCUT2D eigenvalue weighted by atomic mass is 10.2. The van der Waals surface area contributed by atoms with Crippen molar-refractivity contribution in [2.75, 3.05) is 5.32 Å². The predicted molar refractivity (Wildman–Crippen MR) is 101 cm³/mol. The van der Waals surface area contributed by atoms with Crippen LogP contribution in [-0.2, 0) is 11.3 Å². The van der Waals surface area contributed by atoms with Crippen LogP contribution in [0, 0.1) is 6.92 Å². The van der Waals surface area contributed by atoms with Gasteiger partial charge in [0.05, 0.1) is 22.8 Å². The maximum absolute atomic E-state index is 12.5. The summed E-state index contributed by atoms with van der Waals surface area (Å²) in [6.45, 7) is 1.77. The number of para-hydroxylation sites is 1. The lowest BCUT2D eigenvalue weighted by Crippen LogP contribution is -2.28. The van der Waals surface area contributed by atoms with Crippen molar-refractivity contribution in [3.05, 3.63) is 64.2 Å². The van der Waals surface area contributed by atoms with Gasteiger partial charge in [0.2, 0.25) is 5.91 Å². The van der Waals surface area contributed by atoms with Crippen LogP contribution in [0.3, 0.4) is 0 Å². The van der Waals surface area contributed by atoms with E-state index in [2.05, 4.69) is 20.5 Å². The van der Waals surface area contributed by atoms with Crippen LogP contribution in [0.1, 0.15) is 5.69 Å². The van der Waals surface area contributed by atoms with Gasteiger partial charge in [-0.05, 0) is 30.5 Å². The highest BCUT2D eigenvalue weighted by atomic mass is 32.1. The Hall–Kier alpha value is -3.26. The number of carbonyl (C=O) groups excluding carboxylic acids is 1. The van der Waals surface area contributed by atoms with Crippen molar-refractivity contribution in [1.82, 2.24) is 19.7 Å². The highest BCUT2D eigenvalue weighted by molar-refractivity contribution is 7.13. The Kier molecular flexibility index (Phi) is 4.10. The first-order valence-corrected chi connectivity index (χ1v) is 8.84. The Morgan fingerprint density at radius 2 is 2.12 bits per heavy atom. The fraction of sp³-hybridized carbons (Fsp3) is 0.111. The Balaban J connectivity index is 1.59. The van der Waals surface area contributed by atoms with Gasteiger partial charge in [-0.25, -0.2) is 4.98 Å². The molecule has 1 amide bonds. The molecule has 0 aliphatic heterocycles. The first-order valence-electron chi connectivity index (χ1n) is 7.96. The molecule has 0 aliphatic carbocycles. The van der Waals surface area contributed by atoms with Gasteiger partial charge in [0.15, 0.2) is 5.82 Å². The van der Waals surface area contributed by atoms with Crippen molar-refractivity contribution >= 4 is 34.0 Å². The average molecular weight is 365 g/mol. The highest BCUT2D eigenvalue weighted by Gasteiger charge is 2.16. The minimum absolute atomic E-state index is 0.132. The molecule has 130 valence electrons. The molecule has 0 atom stereocenters. The summed E-state index contributed by atoms with van der Waals surface area (Å²) in [5.74, 6) is 0.116. The molecule has 26 heavy (non-hydrogen) atoms. The zero-order valence-corrected chi connectivity index (χ0v) is 14.7. The molecule has 3 heterocycles. The molecule has 0 saturated carbocycles. The molecule has 0 radical (unpaired) electrons. The second-order valence-electron chi connectivity index (χ2n) is 5.79. The first-order chi connectivity index (χ1) is 12.6. The second-order valence-corrected chi connectivity index (χ2v) is 6.74. The van der Waals surface area contributed by atoms with E-state index in [-0.39, 0.29) is 18.0 Å². The molecule has 3 aromatic heterocycles. The van der Waals surface area contributed by atoms with E-state index >= 15 is 0 Å². The summed E-state index contributed by atoms with van der Waals surface area (Å²) in [5, 5.41) is 12.3. The summed E-state index contributed by atoms with van der Waals surface area (Å²) in [6.07, 6.45) is 1.39. The molecule has 4 aromatic rings. The number of thiophene rings is 1. The van der Waals surface area contributed by atoms with Crippen LogP contribution < -0.4 is 10.9 Å². The maximum atomic E-state index is 12.5. The van der Waals surface area contributed by atoms with Crippen LogP contribution in [0.15, 0.2) is 52.9 Å². The number of aromatic nitrogens is 4. The fourth-order valence-electron chi connectivity index (χ4n) is 2.79. The Labute approximate surface area is 152 Å². The number of aromatic amines is 1. The molecule has 0 saturated heterocycles. The first kappa shape index (κ1) is 16.2. The topological polar surface area (TPSA) is 92.7 Å². The van der Waals surface area contributed by atoms with Gasteiger partial charge in [-0.1, -0.05) is 18.2 Å². The number of hydrogen-bond donors (Lipinski definition) is 2. The smallest absolute Gasteiger partial charge is 0.261 e. The van der Waals surface area contributed by atoms with Crippen LogP contribution in [0.2, 0.25) is 0 Å². The van der Waals surface area contributed by atoms with Crippen molar-refractivity contribution < 1.29 is 4.79 Å². The van der Waals surface area contributed by atoms with Gasteiger partial charge in [0.25, 0.3) is 5.56 Å². The SMILES string of the molecule is Cc1[nH]nc(NC(=O)Cn2cnc3ccccc3c2=O)c1-c1cccs1. The molecule has 1 aromatic carbocycles. The summed E-state index contributed by atoms with van der Waals surface area (Å²) in [6, 6.07) is 11.0. The van der Waals surface area contributed by atoms with E-state index in [1.165, 1.54) is 10.9 Å². The molecule has 0 spiro atoms. The second kappa shape index (κ2) is 6.57. The van der Waals surface area contributed by atoms with E-state index in [4.69, 9.17) is 0 Å². The van der Waals surface area contributed by atoms with E-state index < -0.39 is 0 Å². The molecule has 0 bridgehead atoms. The highest BCUT2D eigenvalue weighted by Crippen LogP contribution is 2.32. The number of fused-ring (bicyclic) bond motifs is 1. The van der Waals surface area contributed by atoms with Crippen molar-refractivity contribution in [3.8, 4) is 10.4 Å². The summed E-state index contributed by atoms with van der Waals surface area (Å²) in [4.78, 5) is 30.2. The normalized spacial score (nSPS) is 11.0. The number of carbonyl (C=O) groups is 1. The van der Waals surface area contributed by atoms with Crippen molar-refractivity contribution in [1.29, 1.82) is 0 Å². The van der Waals surface area contributed by atoms with E-state index in [1.807, 2.05) is 30.5 Å². The Morgan fingerprint density at radius 1 is 1.27 bits per heavy atom. The van der Waals surface area contributed by atoms with Gasteiger partial charge in [-0.15, -0.1) is 11.3 Å². The number of nitrogens with one attached hydrogen (secondary N) is 2. The zero-order chi connectivity index (χ0) is 18.1.